The molecule has 2 aromatic heterocycles. The number of aliphatic hydroxyl groups is 1. The molecule has 13 heteroatoms. The van der Waals surface area contributed by atoms with E-state index in [1.54, 1.807) is 0 Å². The van der Waals surface area contributed by atoms with Crippen LogP contribution < -0.4 is 10.6 Å². The number of pyridine rings is 1. The van der Waals surface area contributed by atoms with Crippen LogP contribution in [0.25, 0.3) is 0 Å². The number of aromatic nitrogens is 2. The SMILES string of the molecule is O=C(NC1(CO)CC(F)(F)C1)C(=O)c1c(Cl)c(C(=O)Nc2cnc(F)c(Cl)c2)c2n1CCC2. The van der Waals surface area contributed by atoms with Crippen LogP contribution in [0.1, 0.15) is 45.8 Å². The molecular formula is C20H17Cl2F3N4O4. The smallest absolute Gasteiger partial charge is 0.294 e. The van der Waals surface area contributed by atoms with Crippen molar-refractivity contribution in [1.82, 2.24) is 14.9 Å². The molecule has 1 aliphatic carbocycles. The van der Waals surface area contributed by atoms with E-state index >= 15 is 0 Å². The predicted octanol–water partition coefficient (Wildman–Crippen LogP) is 2.99. The van der Waals surface area contributed by atoms with Crippen LogP contribution in [0.3, 0.4) is 0 Å². The van der Waals surface area contributed by atoms with Crippen LogP contribution in [0, 0.1) is 5.95 Å². The summed E-state index contributed by atoms with van der Waals surface area (Å²) in [4.78, 5) is 41.8. The lowest BCUT2D eigenvalue weighted by Crippen LogP contribution is -2.65. The van der Waals surface area contributed by atoms with E-state index in [1.165, 1.54) is 4.57 Å². The quantitative estimate of drug-likeness (QED) is 0.318. The number of amides is 2. The van der Waals surface area contributed by atoms with E-state index < -0.39 is 54.5 Å². The maximum atomic E-state index is 13.3. The third-order valence-electron chi connectivity index (χ3n) is 5.68. The third-order valence-corrected chi connectivity index (χ3v) is 6.32. The second kappa shape index (κ2) is 8.30. The van der Waals surface area contributed by atoms with Crippen molar-refractivity contribution in [2.24, 2.45) is 0 Å². The number of rotatable bonds is 6. The average Bonchev–Trinajstić information content (AvgIpc) is 3.27. The van der Waals surface area contributed by atoms with Crippen LogP contribution in [-0.2, 0) is 17.8 Å². The molecule has 0 radical (unpaired) electrons. The highest BCUT2D eigenvalue weighted by molar-refractivity contribution is 6.48. The van der Waals surface area contributed by atoms with Crippen molar-refractivity contribution in [1.29, 1.82) is 0 Å². The molecule has 0 unspecified atom stereocenters. The summed E-state index contributed by atoms with van der Waals surface area (Å²) < 4.78 is 41.3. The Balaban J connectivity index is 1.60. The van der Waals surface area contributed by atoms with Crippen LogP contribution in [0.15, 0.2) is 12.3 Å². The van der Waals surface area contributed by atoms with Gasteiger partial charge in [-0.2, -0.15) is 4.39 Å². The van der Waals surface area contributed by atoms with Crippen LogP contribution >= 0.6 is 23.2 Å². The number of nitrogens with one attached hydrogen (secondary N) is 2. The van der Waals surface area contributed by atoms with Gasteiger partial charge in [-0.25, -0.2) is 13.8 Å². The molecule has 0 saturated heterocycles. The molecule has 2 aromatic rings. The largest absolute Gasteiger partial charge is 0.394 e. The Morgan fingerprint density at radius 1 is 1.24 bits per heavy atom. The highest BCUT2D eigenvalue weighted by Crippen LogP contribution is 2.45. The maximum absolute atomic E-state index is 13.3. The molecule has 0 spiro atoms. The predicted molar refractivity (Wildman–Crippen MR) is 111 cm³/mol. The fraction of sp³-hybridized carbons (Fsp3) is 0.400. The zero-order chi connectivity index (χ0) is 24.1. The molecule has 1 aliphatic heterocycles. The normalized spacial score (nSPS) is 17.8. The lowest BCUT2D eigenvalue weighted by molar-refractivity contribution is -0.154. The maximum Gasteiger partial charge on any atom is 0.294 e. The minimum Gasteiger partial charge on any atom is -0.394 e. The molecule has 0 bridgehead atoms. The highest BCUT2D eigenvalue weighted by Gasteiger charge is 2.57. The Kier molecular flexibility index (Phi) is 5.92. The first-order valence-corrected chi connectivity index (χ1v) is 10.6. The lowest BCUT2D eigenvalue weighted by Gasteiger charge is -2.46. The molecule has 176 valence electrons. The molecule has 2 amide bonds. The number of alkyl halides is 2. The summed E-state index contributed by atoms with van der Waals surface area (Å²) >= 11 is 12.0. The minimum atomic E-state index is -3.05. The van der Waals surface area contributed by atoms with Gasteiger partial charge in [0.1, 0.15) is 5.69 Å². The number of nitrogens with zero attached hydrogens (tertiary/aromatic N) is 2. The summed E-state index contributed by atoms with van der Waals surface area (Å²) in [5.41, 5.74) is -1.39. The van der Waals surface area contributed by atoms with Crippen LogP contribution in [0.5, 0.6) is 0 Å². The summed E-state index contributed by atoms with van der Waals surface area (Å²) in [6, 6.07) is 1.15. The van der Waals surface area contributed by atoms with Crippen LogP contribution in [-0.4, -0.2) is 50.3 Å². The summed E-state index contributed by atoms with van der Waals surface area (Å²) in [6.07, 6.45) is 0.429. The van der Waals surface area contributed by atoms with Gasteiger partial charge in [-0.1, -0.05) is 23.2 Å². The Morgan fingerprint density at radius 2 is 1.94 bits per heavy atom. The number of anilines is 1. The van der Waals surface area contributed by atoms with Crippen molar-refractivity contribution < 1.29 is 32.7 Å². The fourth-order valence-corrected chi connectivity index (χ4v) is 4.81. The Bertz CT molecular complexity index is 1180. The monoisotopic (exact) mass is 504 g/mol. The van der Waals surface area contributed by atoms with Crippen LogP contribution in [0.2, 0.25) is 10.0 Å². The Labute approximate surface area is 195 Å². The van der Waals surface area contributed by atoms with Gasteiger partial charge in [0.15, 0.2) is 0 Å². The summed E-state index contributed by atoms with van der Waals surface area (Å²) in [5.74, 6) is -7.01. The molecular weight excluding hydrogens is 488 g/mol. The molecule has 1 fully saturated rings. The van der Waals surface area contributed by atoms with Crippen molar-refractivity contribution in [2.45, 2.75) is 43.7 Å². The van der Waals surface area contributed by atoms with Gasteiger partial charge >= 0.3 is 0 Å². The molecule has 8 nitrogen and oxygen atoms in total. The fourth-order valence-electron chi connectivity index (χ4n) is 4.26. The molecule has 4 rings (SSSR count). The van der Waals surface area contributed by atoms with Gasteiger partial charge in [-0.15, -0.1) is 0 Å². The van der Waals surface area contributed by atoms with E-state index in [9.17, 15) is 32.7 Å². The second-order valence-corrected chi connectivity index (χ2v) is 8.91. The number of hydrogen-bond acceptors (Lipinski definition) is 5. The molecule has 2 aliphatic rings. The third kappa shape index (κ3) is 4.20. The van der Waals surface area contributed by atoms with Crippen molar-refractivity contribution in [3.63, 3.8) is 0 Å². The van der Waals surface area contributed by atoms with E-state index in [-0.39, 0.29) is 27.0 Å². The van der Waals surface area contributed by atoms with Crippen LogP contribution in [0.4, 0.5) is 18.9 Å². The zero-order valence-corrected chi connectivity index (χ0v) is 18.4. The van der Waals surface area contributed by atoms with E-state index in [0.29, 0.717) is 25.1 Å². The number of halogens is 5. The van der Waals surface area contributed by atoms with E-state index in [2.05, 4.69) is 15.6 Å². The van der Waals surface area contributed by atoms with Gasteiger partial charge < -0.3 is 20.3 Å². The highest BCUT2D eigenvalue weighted by atomic mass is 35.5. The number of ketones is 1. The first kappa shape index (κ1) is 23.5. The first-order chi connectivity index (χ1) is 15.5. The number of Topliss-reactive ketones (excluding diaryl/α,β-unsaturated/α-hetero) is 1. The molecule has 0 aromatic carbocycles. The average molecular weight is 505 g/mol. The van der Waals surface area contributed by atoms with Crippen molar-refractivity contribution in [3.8, 4) is 0 Å². The van der Waals surface area contributed by atoms with Gasteiger partial charge in [-0.05, 0) is 18.9 Å². The summed E-state index contributed by atoms with van der Waals surface area (Å²) in [7, 11) is 0. The van der Waals surface area contributed by atoms with Gasteiger partial charge in [0.25, 0.3) is 23.5 Å². The number of carbonyl (C=O) groups is 3. The number of hydrogen-bond donors (Lipinski definition) is 3. The van der Waals surface area contributed by atoms with Crippen molar-refractivity contribution in [3.05, 3.63) is 45.2 Å². The number of carbonyl (C=O) groups excluding carboxylic acids is 3. The standard InChI is InChI=1S/C20H17Cl2F3N4O4/c21-10-4-9(5-26-16(10)23)27-17(32)12-11-2-1-3-29(11)14(13(12)22)15(31)18(33)28-19(8-30)6-20(24,25)7-19/h4-5,30H,1-3,6-8H2,(H,27,32)(H,28,33). The topological polar surface area (TPSA) is 113 Å². The van der Waals surface area contributed by atoms with Gasteiger partial charge in [-0.3, -0.25) is 14.4 Å². The van der Waals surface area contributed by atoms with Gasteiger partial charge in [0, 0.05) is 25.1 Å². The molecule has 0 atom stereocenters. The molecule has 33 heavy (non-hydrogen) atoms. The molecule has 3 N–H and O–H groups in total. The van der Waals surface area contributed by atoms with Crippen molar-refractivity contribution in [2.75, 3.05) is 11.9 Å². The Morgan fingerprint density at radius 3 is 2.55 bits per heavy atom. The van der Waals surface area contributed by atoms with E-state index in [0.717, 1.165) is 12.3 Å². The first-order valence-electron chi connectivity index (χ1n) is 9.86. The lowest BCUT2D eigenvalue weighted by atomic mass is 9.74. The number of fused-ring (bicyclic) bond motifs is 1. The summed E-state index contributed by atoms with van der Waals surface area (Å²) in [6.45, 7) is -0.451. The van der Waals surface area contributed by atoms with E-state index in [4.69, 9.17) is 23.2 Å². The zero-order valence-electron chi connectivity index (χ0n) is 16.9. The Hall–Kier alpha value is -2.63. The second-order valence-electron chi connectivity index (χ2n) is 8.12. The minimum absolute atomic E-state index is 0.0437. The van der Waals surface area contributed by atoms with E-state index in [1.807, 2.05) is 0 Å². The molecule has 3 heterocycles. The molecule has 1 saturated carbocycles. The van der Waals surface area contributed by atoms with Crippen molar-refractivity contribution >= 4 is 46.5 Å². The van der Waals surface area contributed by atoms with Gasteiger partial charge in [0.2, 0.25) is 5.95 Å². The van der Waals surface area contributed by atoms with Gasteiger partial charge in [0.05, 0.1) is 39.6 Å². The summed E-state index contributed by atoms with van der Waals surface area (Å²) in [5, 5.41) is 13.5. The number of aliphatic hydroxyl groups excluding tert-OH is 1.